The first-order valence-corrected chi connectivity index (χ1v) is 9.06. The molecule has 0 unspecified atom stereocenters. The van der Waals surface area contributed by atoms with Crippen molar-refractivity contribution in [2.24, 2.45) is 0 Å². The minimum absolute atomic E-state index is 0.0347. The molecule has 6 heteroatoms. The Kier molecular flexibility index (Phi) is 4.32. The van der Waals surface area contributed by atoms with Gasteiger partial charge in [0.15, 0.2) is 6.61 Å². The summed E-state index contributed by atoms with van der Waals surface area (Å²) in [6.07, 6.45) is 2.00. The van der Waals surface area contributed by atoms with Gasteiger partial charge in [-0.2, -0.15) is 0 Å². The summed E-state index contributed by atoms with van der Waals surface area (Å²) in [6, 6.07) is 12.9. The highest BCUT2D eigenvalue weighted by molar-refractivity contribution is 6.31. The van der Waals surface area contributed by atoms with Crippen molar-refractivity contribution in [1.29, 1.82) is 0 Å². The van der Waals surface area contributed by atoms with Crippen molar-refractivity contribution in [3.8, 4) is 5.75 Å². The average Bonchev–Trinajstić information content (AvgIpc) is 3.46. The van der Waals surface area contributed by atoms with Crippen molar-refractivity contribution >= 4 is 29.1 Å². The second kappa shape index (κ2) is 6.65. The number of nitrogens with zero attached hydrogens (tertiary/aromatic N) is 1. The molecule has 0 spiro atoms. The van der Waals surface area contributed by atoms with Gasteiger partial charge in [-0.15, -0.1) is 0 Å². The molecule has 5 nitrogen and oxygen atoms in total. The quantitative estimate of drug-likeness (QED) is 0.883. The summed E-state index contributed by atoms with van der Waals surface area (Å²) in [7, 11) is 0. The standard InChI is InChI=1S/C20H19ClN2O3/c1-12(15-4-2-3-5-16(15)21)23(14-7-8-14)20(25)13-6-9-17-18(10-13)26-11-19(24)22-17/h2-6,9-10,12,14H,7-8,11H2,1H3,(H,22,24)/t12-/m1/s1. The molecule has 1 aliphatic heterocycles. The number of rotatable bonds is 4. The fourth-order valence-electron chi connectivity index (χ4n) is 3.33. The van der Waals surface area contributed by atoms with Crippen LogP contribution in [-0.4, -0.2) is 29.4 Å². The van der Waals surface area contributed by atoms with Crippen LogP contribution < -0.4 is 10.1 Å². The van der Waals surface area contributed by atoms with E-state index in [4.69, 9.17) is 16.3 Å². The zero-order chi connectivity index (χ0) is 18.3. The molecule has 2 aromatic rings. The van der Waals surface area contributed by atoms with Gasteiger partial charge in [0.2, 0.25) is 0 Å². The van der Waals surface area contributed by atoms with Crippen LogP contribution in [-0.2, 0) is 4.79 Å². The van der Waals surface area contributed by atoms with Crippen molar-refractivity contribution in [3.05, 3.63) is 58.6 Å². The van der Waals surface area contributed by atoms with Gasteiger partial charge in [-0.1, -0.05) is 29.8 Å². The minimum atomic E-state index is -0.191. The Balaban J connectivity index is 1.64. The van der Waals surface area contributed by atoms with Gasteiger partial charge in [0, 0.05) is 16.6 Å². The predicted octanol–water partition coefficient (Wildman–Crippen LogP) is 4.04. The average molecular weight is 371 g/mol. The normalized spacial score (nSPS) is 16.9. The van der Waals surface area contributed by atoms with Crippen LogP contribution in [0.5, 0.6) is 5.75 Å². The maximum Gasteiger partial charge on any atom is 0.262 e. The summed E-state index contributed by atoms with van der Waals surface area (Å²) in [6.45, 7) is 1.97. The molecule has 0 radical (unpaired) electrons. The maximum absolute atomic E-state index is 13.2. The van der Waals surface area contributed by atoms with Gasteiger partial charge >= 0.3 is 0 Å². The van der Waals surface area contributed by atoms with Gasteiger partial charge in [0.05, 0.1) is 11.7 Å². The topological polar surface area (TPSA) is 58.6 Å². The van der Waals surface area contributed by atoms with Crippen LogP contribution in [0, 0.1) is 0 Å². The third-order valence-electron chi connectivity index (χ3n) is 4.81. The number of anilines is 1. The van der Waals surface area contributed by atoms with Gasteiger partial charge in [-0.05, 0) is 49.6 Å². The van der Waals surface area contributed by atoms with Crippen LogP contribution in [0.4, 0.5) is 5.69 Å². The van der Waals surface area contributed by atoms with Gasteiger partial charge in [-0.25, -0.2) is 0 Å². The molecule has 1 saturated carbocycles. The number of carbonyl (C=O) groups is 2. The molecular weight excluding hydrogens is 352 g/mol. The molecule has 2 aliphatic rings. The molecule has 1 aliphatic carbocycles. The lowest BCUT2D eigenvalue weighted by Gasteiger charge is -2.31. The van der Waals surface area contributed by atoms with Crippen LogP contribution in [0.3, 0.4) is 0 Å². The van der Waals surface area contributed by atoms with Gasteiger partial charge in [0.25, 0.3) is 11.8 Å². The Labute approximate surface area is 156 Å². The first-order valence-electron chi connectivity index (χ1n) is 8.68. The summed E-state index contributed by atoms with van der Waals surface area (Å²) < 4.78 is 5.44. The van der Waals surface area contributed by atoms with Gasteiger partial charge in [-0.3, -0.25) is 9.59 Å². The molecule has 0 aromatic heterocycles. The Morgan fingerprint density at radius 1 is 1.27 bits per heavy atom. The van der Waals surface area contributed by atoms with E-state index in [2.05, 4.69) is 5.32 Å². The van der Waals surface area contributed by atoms with Crippen molar-refractivity contribution in [2.45, 2.75) is 31.8 Å². The lowest BCUT2D eigenvalue weighted by Crippen LogP contribution is -2.36. The van der Waals surface area contributed by atoms with Crippen molar-refractivity contribution in [3.63, 3.8) is 0 Å². The van der Waals surface area contributed by atoms with E-state index in [1.165, 1.54) is 0 Å². The minimum Gasteiger partial charge on any atom is -0.482 e. The van der Waals surface area contributed by atoms with Crippen molar-refractivity contribution in [2.75, 3.05) is 11.9 Å². The lowest BCUT2D eigenvalue weighted by atomic mass is 10.0. The second-order valence-corrected chi connectivity index (χ2v) is 7.10. The monoisotopic (exact) mass is 370 g/mol. The Morgan fingerprint density at radius 3 is 2.77 bits per heavy atom. The van der Waals surface area contributed by atoms with E-state index in [0.717, 1.165) is 18.4 Å². The van der Waals surface area contributed by atoms with E-state index in [1.807, 2.05) is 36.1 Å². The summed E-state index contributed by atoms with van der Waals surface area (Å²) in [5.41, 5.74) is 2.08. The summed E-state index contributed by atoms with van der Waals surface area (Å²) in [5.74, 6) is 0.281. The SMILES string of the molecule is C[C@H](c1ccccc1Cl)N(C(=O)c1ccc2c(c1)OCC(=O)N2)C1CC1. The number of fused-ring (bicyclic) bond motifs is 1. The zero-order valence-corrected chi connectivity index (χ0v) is 15.1. The van der Waals surface area contributed by atoms with E-state index in [0.29, 0.717) is 22.0 Å². The third kappa shape index (κ3) is 3.15. The second-order valence-electron chi connectivity index (χ2n) is 6.69. The van der Waals surface area contributed by atoms with E-state index in [-0.39, 0.29) is 30.5 Å². The number of benzene rings is 2. The maximum atomic E-state index is 13.2. The Hall–Kier alpha value is -2.53. The molecule has 1 fully saturated rings. The highest BCUT2D eigenvalue weighted by atomic mass is 35.5. The van der Waals surface area contributed by atoms with Crippen LogP contribution in [0.2, 0.25) is 5.02 Å². The number of amides is 2. The molecule has 0 saturated heterocycles. The zero-order valence-electron chi connectivity index (χ0n) is 14.4. The molecule has 1 heterocycles. The lowest BCUT2D eigenvalue weighted by molar-refractivity contribution is -0.118. The number of hydrogen-bond donors (Lipinski definition) is 1. The first kappa shape index (κ1) is 16.9. The molecule has 1 atom stereocenters. The summed E-state index contributed by atoms with van der Waals surface area (Å²) in [4.78, 5) is 26.6. The highest BCUT2D eigenvalue weighted by Gasteiger charge is 2.37. The van der Waals surface area contributed by atoms with Crippen molar-refractivity contribution < 1.29 is 14.3 Å². The number of hydrogen-bond acceptors (Lipinski definition) is 3. The predicted molar refractivity (Wildman–Crippen MR) is 99.6 cm³/mol. The molecule has 4 rings (SSSR count). The number of ether oxygens (including phenoxy) is 1. The van der Waals surface area contributed by atoms with E-state index >= 15 is 0 Å². The highest BCUT2D eigenvalue weighted by Crippen LogP contribution is 2.38. The first-order chi connectivity index (χ1) is 12.5. The number of halogens is 1. The number of nitrogens with one attached hydrogen (secondary N) is 1. The Morgan fingerprint density at radius 2 is 2.04 bits per heavy atom. The largest absolute Gasteiger partial charge is 0.482 e. The van der Waals surface area contributed by atoms with Crippen LogP contribution in [0.15, 0.2) is 42.5 Å². The summed E-state index contributed by atoms with van der Waals surface area (Å²) in [5, 5.41) is 3.40. The van der Waals surface area contributed by atoms with Gasteiger partial charge in [0.1, 0.15) is 5.75 Å². The van der Waals surface area contributed by atoms with E-state index < -0.39 is 0 Å². The summed E-state index contributed by atoms with van der Waals surface area (Å²) >= 11 is 6.35. The fourth-order valence-corrected chi connectivity index (χ4v) is 3.62. The molecular formula is C20H19ClN2O3. The molecule has 1 N–H and O–H groups in total. The third-order valence-corrected chi connectivity index (χ3v) is 5.15. The molecule has 134 valence electrons. The molecule has 26 heavy (non-hydrogen) atoms. The molecule has 2 aromatic carbocycles. The van der Waals surface area contributed by atoms with Crippen LogP contribution in [0.25, 0.3) is 0 Å². The van der Waals surface area contributed by atoms with Crippen LogP contribution in [0.1, 0.15) is 41.7 Å². The van der Waals surface area contributed by atoms with Crippen LogP contribution >= 0.6 is 11.6 Å². The smallest absolute Gasteiger partial charge is 0.262 e. The Bertz CT molecular complexity index is 879. The number of carbonyl (C=O) groups excluding carboxylic acids is 2. The van der Waals surface area contributed by atoms with E-state index in [9.17, 15) is 9.59 Å². The van der Waals surface area contributed by atoms with Crippen molar-refractivity contribution in [1.82, 2.24) is 4.90 Å². The molecule has 0 bridgehead atoms. The molecule has 2 amide bonds. The van der Waals surface area contributed by atoms with Gasteiger partial charge < -0.3 is 15.0 Å². The van der Waals surface area contributed by atoms with E-state index in [1.54, 1.807) is 18.2 Å². The fraction of sp³-hybridized carbons (Fsp3) is 0.300.